The number of carboxylic acids is 3. The fourth-order valence-corrected chi connectivity index (χ4v) is 5.35. The number of benzene rings is 1. The van der Waals surface area contributed by atoms with Gasteiger partial charge in [0.1, 0.15) is 0 Å². The van der Waals surface area contributed by atoms with Crippen molar-refractivity contribution in [3.05, 3.63) is 29.3 Å². The third-order valence-electron chi connectivity index (χ3n) is 7.64. The number of ketones is 1. The van der Waals surface area contributed by atoms with Gasteiger partial charge in [-0.25, -0.2) is 9.59 Å². The molecule has 0 spiro atoms. The number of hydrogen-bond acceptors (Lipinski definition) is 7. The first-order valence-electron chi connectivity index (χ1n) is 15.0. The number of nitrogens with zero attached hydrogens (tertiary/aromatic N) is 1. The second kappa shape index (κ2) is 17.9. The maximum atomic E-state index is 13.9. The van der Waals surface area contributed by atoms with Crippen molar-refractivity contribution in [3.8, 4) is 0 Å². The number of rotatable bonds is 8. The molecule has 0 aliphatic carbocycles. The molecule has 1 aromatic rings. The molecule has 0 saturated carbocycles. The topological polar surface area (TPSA) is 178 Å². The number of Topliss-reactive ketones (excluding diaryl/α,β-unsaturated/α-hetero) is 1. The van der Waals surface area contributed by atoms with Crippen molar-refractivity contribution in [2.45, 2.75) is 115 Å². The van der Waals surface area contributed by atoms with Crippen molar-refractivity contribution in [1.29, 1.82) is 0 Å². The van der Waals surface area contributed by atoms with Gasteiger partial charge >= 0.3 is 17.9 Å². The Labute approximate surface area is 246 Å². The van der Waals surface area contributed by atoms with Crippen LogP contribution in [0.5, 0.6) is 0 Å². The monoisotopic (exact) mass is 587 g/mol. The zero-order valence-corrected chi connectivity index (χ0v) is 24.2. The van der Waals surface area contributed by atoms with Crippen molar-refractivity contribution in [3.63, 3.8) is 0 Å². The van der Waals surface area contributed by atoms with E-state index in [0.29, 0.717) is 19.3 Å². The van der Waals surface area contributed by atoms with E-state index in [1.165, 1.54) is 19.3 Å². The maximum absolute atomic E-state index is 13.9. The Hall–Kier alpha value is -3.76. The Kier molecular flexibility index (Phi) is 14.7. The van der Waals surface area contributed by atoms with Crippen LogP contribution in [0.3, 0.4) is 0 Å². The molecule has 1 aliphatic heterocycles. The Morgan fingerprint density at radius 1 is 0.762 bits per heavy atom. The zero-order valence-electron chi connectivity index (χ0n) is 24.2. The summed E-state index contributed by atoms with van der Waals surface area (Å²) in [5.74, 6) is -5.98. The average molecular weight is 588 g/mol. The third kappa shape index (κ3) is 10.6. The molecule has 4 N–H and O–H groups in total. The van der Waals surface area contributed by atoms with Gasteiger partial charge in [-0.15, -0.1) is 0 Å². The van der Waals surface area contributed by atoms with Crippen LogP contribution >= 0.6 is 0 Å². The van der Waals surface area contributed by atoms with Crippen LogP contribution in [0.4, 0.5) is 5.69 Å². The number of nitrogens with one attached hydrogen (secondary N) is 1. The van der Waals surface area contributed by atoms with Gasteiger partial charge in [-0.3, -0.25) is 19.2 Å². The number of hydrogen-bond donors (Lipinski definition) is 4. The van der Waals surface area contributed by atoms with Gasteiger partial charge in [0.2, 0.25) is 12.2 Å². The van der Waals surface area contributed by atoms with Crippen LogP contribution in [0, 0.1) is 0 Å². The van der Waals surface area contributed by atoms with Crippen LogP contribution in [-0.4, -0.2) is 68.3 Å². The molecule has 1 unspecified atom stereocenters. The van der Waals surface area contributed by atoms with Gasteiger partial charge in [0.15, 0.2) is 5.78 Å². The summed E-state index contributed by atoms with van der Waals surface area (Å²) < 4.78 is 0. The molecule has 2 rings (SSSR count). The van der Waals surface area contributed by atoms with E-state index in [1.54, 1.807) is 6.29 Å². The quantitative estimate of drug-likeness (QED) is 0.297. The Morgan fingerprint density at radius 2 is 1.26 bits per heavy atom. The minimum absolute atomic E-state index is 0.0911. The lowest BCUT2D eigenvalue weighted by Crippen LogP contribution is -2.67. The predicted octanol–water partition coefficient (Wildman–Crippen LogP) is 5.16. The van der Waals surface area contributed by atoms with E-state index < -0.39 is 48.2 Å². The number of aliphatic carboxylic acids is 2. The summed E-state index contributed by atoms with van der Waals surface area (Å²) in [5, 5.41) is 32.0. The molecular formula is C31H43N2O9. The van der Waals surface area contributed by atoms with Crippen molar-refractivity contribution in [1.82, 2.24) is 4.90 Å². The number of amides is 1. The highest BCUT2D eigenvalue weighted by Crippen LogP contribution is 2.28. The Bertz CT molecular complexity index is 1100. The molecule has 11 nitrogen and oxygen atoms in total. The molecule has 1 heterocycles. The smallest absolute Gasteiger partial charge is 0.358 e. The molecule has 1 fully saturated rings. The molecule has 0 aromatic heterocycles. The van der Waals surface area contributed by atoms with Gasteiger partial charge in [0.05, 0.1) is 12.0 Å². The lowest BCUT2D eigenvalue weighted by molar-refractivity contribution is -0.163. The highest BCUT2D eigenvalue weighted by atomic mass is 16.4. The van der Waals surface area contributed by atoms with Crippen molar-refractivity contribution < 1.29 is 44.1 Å². The van der Waals surface area contributed by atoms with Crippen LogP contribution in [0.25, 0.3) is 0 Å². The molecule has 1 atom stereocenters. The number of carboxylic acid groups (broad SMARTS) is 3. The number of carbonyl (C=O) groups is 5. The standard InChI is InChI=1S/C31H43N2O9/c34-22-23-19-24(29(39)40)21-25(20-23)32-31(30(41)42)26(35)15-13-11-9-7-5-3-1-2-4-6-8-10-12-14-16-27(36)33(31)18-17-28(37)38/h19-21,32H,1-18H2,(H,37,38)(H,39,40)(H,41,42). The number of anilines is 1. The first-order chi connectivity index (χ1) is 20.1. The van der Waals surface area contributed by atoms with E-state index in [1.807, 2.05) is 0 Å². The predicted molar refractivity (Wildman–Crippen MR) is 155 cm³/mol. The highest BCUT2D eigenvalue weighted by molar-refractivity contribution is 6.12. The van der Waals surface area contributed by atoms with Gasteiger partial charge < -0.3 is 25.5 Å². The summed E-state index contributed by atoms with van der Waals surface area (Å²) in [7, 11) is 0. The molecule has 11 heteroatoms. The maximum Gasteiger partial charge on any atom is 0.358 e. The van der Waals surface area contributed by atoms with Crippen LogP contribution in [0.2, 0.25) is 0 Å². The third-order valence-corrected chi connectivity index (χ3v) is 7.64. The van der Waals surface area contributed by atoms with E-state index in [4.69, 9.17) is 0 Å². The van der Waals surface area contributed by atoms with E-state index in [9.17, 15) is 44.1 Å². The fourth-order valence-electron chi connectivity index (χ4n) is 5.35. The molecule has 0 bridgehead atoms. The summed E-state index contributed by atoms with van der Waals surface area (Å²) >= 11 is 0. The first-order valence-corrected chi connectivity index (χ1v) is 15.0. The molecule has 1 amide bonds. The minimum Gasteiger partial charge on any atom is -0.481 e. The molecule has 1 aromatic carbocycles. The summed E-state index contributed by atoms with van der Waals surface area (Å²) in [4.78, 5) is 75.8. The lowest BCUT2D eigenvalue weighted by Gasteiger charge is -2.40. The van der Waals surface area contributed by atoms with E-state index in [2.05, 4.69) is 5.32 Å². The molecule has 1 saturated heterocycles. The van der Waals surface area contributed by atoms with Crippen molar-refractivity contribution >= 4 is 41.6 Å². The van der Waals surface area contributed by atoms with E-state index in [0.717, 1.165) is 74.5 Å². The van der Waals surface area contributed by atoms with Gasteiger partial charge in [-0.05, 0) is 31.0 Å². The second-order valence-corrected chi connectivity index (χ2v) is 10.9. The molecule has 231 valence electrons. The Morgan fingerprint density at radius 3 is 1.71 bits per heavy atom. The summed E-state index contributed by atoms with van der Waals surface area (Å²) in [6.45, 7) is -0.565. The SMILES string of the molecule is O=[C]c1cc(NC2(C(=O)O)C(=O)CCCCCCCCCCCCCCCCC(=O)N2CCC(=O)O)cc(C(=O)O)c1. The minimum atomic E-state index is -2.72. The second-order valence-electron chi connectivity index (χ2n) is 10.9. The van der Waals surface area contributed by atoms with Crippen LogP contribution in [0.15, 0.2) is 18.2 Å². The number of aromatic carboxylic acids is 1. The average Bonchev–Trinajstić information content (AvgIpc) is 2.95. The number of carbonyl (C=O) groups excluding carboxylic acids is 3. The fraction of sp³-hybridized carbons (Fsp3) is 0.613. The van der Waals surface area contributed by atoms with E-state index in [-0.39, 0.29) is 29.7 Å². The van der Waals surface area contributed by atoms with Crippen LogP contribution in [-0.2, 0) is 24.0 Å². The van der Waals surface area contributed by atoms with E-state index >= 15 is 0 Å². The van der Waals surface area contributed by atoms with Gasteiger partial charge in [0.25, 0.3) is 5.66 Å². The summed E-state index contributed by atoms with van der Waals surface area (Å²) in [5.41, 5.74) is -3.49. The zero-order chi connectivity index (χ0) is 31.0. The normalized spacial score (nSPS) is 20.8. The first kappa shape index (κ1) is 34.4. The largest absolute Gasteiger partial charge is 0.481 e. The van der Waals surface area contributed by atoms with Gasteiger partial charge in [0, 0.05) is 30.6 Å². The summed E-state index contributed by atoms with van der Waals surface area (Å²) in [6.07, 6.45) is 13.5. The highest BCUT2D eigenvalue weighted by Gasteiger charge is 2.53. The molecule has 1 radical (unpaired) electrons. The van der Waals surface area contributed by atoms with Gasteiger partial charge in [-0.2, -0.15) is 0 Å². The van der Waals surface area contributed by atoms with Crippen molar-refractivity contribution in [2.24, 2.45) is 0 Å². The van der Waals surface area contributed by atoms with Crippen molar-refractivity contribution in [2.75, 3.05) is 11.9 Å². The molecule has 42 heavy (non-hydrogen) atoms. The van der Waals surface area contributed by atoms with Gasteiger partial charge in [-0.1, -0.05) is 77.0 Å². The lowest BCUT2D eigenvalue weighted by atomic mass is 9.94. The summed E-state index contributed by atoms with van der Waals surface area (Å²) in [6, 6.07) is 3.23. The van der Waals surface area contributed by atoms with Crippen LogP contribution in [0.1, 0.15) is 125 Å². The molecule has 1 aliphatic rings. The Balaban J connectivity index is 2.52. The van der Waals surface area contributed by atoms with Crippen LogP contribution < -0.4 is 5.32 Å². The molecular weight excluding hydrogens is 544 g/mol.